The summed E-state index contributed by atoms with van der Waals surface area (Å²) in [6.07, 6.45) is 0. The maximum absolute atomic E-state index is 12.0. The molecule has 0 saturated carbocycles. The van der Waals surface area contributed by atoms with Gasteiger partial charge in [-0.1, -0.05) is 11.6 Å². The van der Waals surface area contributed by atoms with Crippen LogP contribution in [0.2, 0.25) is 5.02 Å². The zero-order valence-corrected chi connectivity index (χ0v) is 11.5. The van der Waals surface area contributed by atoms with Gasteiger partial charge in [-0.05, 0) is 37.3 Å². The van der Waals surface area contributed by atoms with Crippen LogP contribution >= 0.6 is 22.9 Å². The average molecular weight is 296 g/mol. The molecule has 0 atom stereocenters. The maximum Gasteiger partial charge on any atom is 0.337 e. The van der Waals surface area contributed by atoms with Crippen molar-refractivity contribution in [3.8, 4) is 0 Å². The zero-order chi connectivity index (χ0) is 14.0. The molecule has 2 rings (SSSR count). The zero-order valence-electron chi connectivity index (χ0n) is 9.94. The molecule has 1 amide bonds. The number of nitrogens with one attached hydrogen (secondary N) is 1. The van der Waals surface area contributed by atoms with Crippen molar-refractivity contribution in [2.24, 2.45) is 0 Å². The highest BCUT2D eigenvalue weighted by molar-refractivity contribution is 7.14. The van der Waals surface area contributed by atoms with Gasteiger partial charge in [0.05, 0.1) is 16.1 Å². The summed E-state index contributed by atoms with van der Waals surface area (Å²) in [4.78, 5) is 24.6. The van der Waals surface area contributed by atoms with Crippen molar-refractivity contribution in [1.29, 1.82) is 0 Å². The van der Waals surface area contributed by atoms with Crippen LogP contribution in [0, 0.1) is 6.92 Å². The van der Waals surface area contributed by atoms with Gasteiger partial charge in [0.2, 0.25) is 0 Å². The molecule has 0 spiro atoms. The van der Waals surface area contributed by atoms with Gasteiger partial charge in [0.1, 0.15) is 0 Å². The Kier molecular flexibility index (Phi) is 3.87. The Morgan fingerprint density at radius 3 is 2.58 bits per heavy atom. The summed E-state index contributed by atoms with van der Waals surface area (Å²) in [5, 5.41) is 12.0. The van der Waals surface area contributed by atoms with E-state index in [1.54, 1.807) is 6.07 Å². The number of halogens is 1. The van der Waals surface area contributed by atoms with Gasteiger partial charge in [-0.25, -0.2) is 4.79 Å². The van der Waals surface area contributed by atoms with Gasteiger partial charge >= 0.3 is 5.97 Å². The normalized spacial score (nSPS) is 10.2. The molecule has 19 heavy (non-hydrogen) atoms. The number of amides is 1. The lowest BCUT2D eigenvalue weighted by Crippen LogP contribution is -2.13. The minimum absolute atomic E-state index is 0.00558. The molecule has 0 saturated heterocycles. The van der Waals surface area contributed by atoms with Gasteiger partial charge in [-0.3, -0.25) is 4.79 Å². The van der Waals surface area contributed by atoms with Crippen LogP contribution in [0.4, 0.5) is 5.69 Å². The molecule has 2 N–H and O–H groups in total. The van der Waals surface area contributed by atoms with Crippen LogP contribution in [0.3, 0.4) is 0 Å². The van der Waals surface area contributed by atoms with E-state index in [4.69, 9.17) is 16.7 Å². The van der Waals surface area contributed by atoms with E-state index >= 15 is 0 Å². The largest absolute Gasteiger partial charge is 0.478 e. The number of thiophene rings is 1. The summed E-state index contributed by atoms with van der Waals surface area (Å²) in [5.74, 6) is -1.46. The number of anilines is 1. The molecular weight excluding hydrogens is 286 g/mol. The lowest BCUT2D eigenvalue weighted by molar-refractivity contribution is 0.0698. The number of hydrogen-bond donors (Lipinski definition) is 2. The molecule has 1 aromatic heterocycles. The second-order valence-corrected chi connectivity index (χ2v) is 5.58. The van der Waals surface area contributed by atoms with E-state index in [9.17, 15) is 9.59 Å². The minimum atomic E-state index is -1.12. The number of rotatable bonds is 3. The van der Waals surface area contributed by atoms with Crippen LogP contribution < -0.4 is 5.32 Å². The van der Waals surface area contributed by atoms with E-state index in [-0.39, 0.29) is 17.2 Å². The van der Waals surface area contributed by atoms with E-state index in [0.717, 1.165) is 4.88 Å². The summed E-state index contributed by atoms with van der Waals surface area (Å²) in [6.45, 7) is 1.89. The summed E-state index contributed by atoms with van der Waals surface area (Å²) in [7, 11) is 0. The Balaban J connectivity index is 2.30. The highest BCUT2D eigenvalue weighted by Crippen LogP contribution is 2.23. The Bertz CT molecular complexity index is 651. The predicted octanol–water partition coefficient (Wildman–Crippen LogP) is 3.66. The average Bonchev–Trinajstić information content (AvgIpc) is 2.75. The van der Waals surface area contributed by atoms with E-state index in [1.165, 1.54) is 29.5 Å². The highest BCUT2D eigenvalue weighted by Gasteiger charge is 2.15. The first-order valence-corrected chi connectivity index (χ1v) is 6.57. The van der Waals surface area contributed by atoms with Crippen LogP contribution in [0.1, 0.15) is 24.9 Å². The van der Waals surface area contributed by atoms with E-state index in [2.05, 4.69) is 5.32 Å². The first-order chi connectivity index (χ1) is 8.97. The molecule has 0 fully saturated rings. The van der Waals surface area contributed by atoms with Crippen molar-refractivity contribution in [2.45, 2.75) is 6.92 Å². The van der Waals surface area contributed by atoms with Crippen LogP contribution in [0.5, 0.6) is 0 Å². The number of aryl methyl sites for hydroxylation is 1. The SMILES string of the molecule is Cc1ccc(C(=O)Nc2cc(Cl)ccc2C(=O)O)s1. The number of carboxylic acid groups (broad SMARTS) is 1. The van der Waals surface area contributed by atoms with Crippen molar-refractivity contribution in [3.05, 3.63) is 50.7 Å². The van der Waals surface area contributed by atoms with Crippen LogP contribution in [-0.2, 0) is 0 Å². The molecule has 1 aromatic carbocycles. The number of aromatic carboxylic acids is 1. The maximum atomic E-state index is 12.0. The highest BCUT2D eigenvalue weighted by atomic mass is 35.5. The Morgan fingerprint density at radius 2 is 2.00 bits per heavy atom. The summed E-state index contributed by atoms with van der Waals surface area (Å²) < 4.78 is 0. The number of benzene rings is 1. The van der Waals surface area contributed by atoms with Gasteiger partial charge < -0.3 is 10.4 Å². The molecule has 0 radical (unpaired) electrons. The van der Waals surface area contributed by atoms with Gasteiger partial charge in [-0.15, -0.1) is 11.3 Å². The van der Waals surface area contributed by atoms with Crippen molar-refractivity contribution in [1.82, 2.24) is 0 Å². The molecule has 0 aliphatic heterocycles. The molecule has 0 aliphatic carbocycles. The molecule has 1 heterocycles. The molecule has 2 aromatic rings. The second-order valence-electron chi connectivity index (χ2n) is 3.86. The summed E-state index contributed by atoms with van der Waals surface area (Å²) >= 11 is 7.15. The minimum Gasteiger partial charge on any atom is -0.478 e. The standard InChI is InChI=1S/C13H10ClNO3S/c1-7-2-5-11(19-7)12(16)15-10-6-8(14)3-4-9(10)13(17)18/h2-6H,1H3,(H,15,16)(H,17,18). The summed E-state index contributed by atoms with van der Waals surface area (Å²) in [6, 6.07) is 7.77. The second kappa shape index (κ2) is 5.42. The van der Waals surface area contributed by atoms with E-state index in [1.807, 2.05) is 13.0 Å². The Labute approximate surface area is 118 Å². The third-order valence-corrected chi connectivity index (χ3v) is 3.66. The molecular formula is C13H10ClNO3S. The topological polar surface area (TPSA) is 66.4 Å². The fraction of sp³-hybridized carbons (Fsp3) is 0.0769. The molecule has 98 valence electrons. The van der Waals surface area contributed by atoms with Gasteiger partial charge in [0.15, 0.2) is 0 Å². The Morgan fingerprint density at radius 1 is 1.26 bits per heavy atom. The van der Waals surface area contributed by atoms with Gasteiger partial charge in [0.25, 0.3) is 5.91 Å². The van der Waals surface area contributed by atoms with Crippen molar-refractivity contribution >= 4 is 40.5 Å². The third-order valence-electron chi connectivity index (χ3n) is 2.42. The molecule has 0 unspecified atom stereocenters. The monoisotopic (exact) mass is 295 g/mol. The quantitative estimate of drug-likeness (QED) is 0.908. The van der Waals surface area contributed by atoms with Crippen LogP contribution in [0.15, 0.2) is 30.3 Å². The van der Waals surface area contributed by atoms with Crippen molar-refractivity contribution < 1.29 is 14.7 Å². The number of carbonyl (C=O) groups excluding carboxylic acids is 1. The number of carboxylic acids is 1. The molecule has 4 nitrogen and oxygen atoms in total. The van der Waals surface area contributed by atoms with Crippen LogP contribution in [-0.4, -0.2) is 17.0 Å². The van der Waals surface area contributed by atoms with Gasteiger partial charge in [0, 0.05) is 9.90 Å². The molecule has 0 bridgehead atoms. The number of carbonyl (C=O) groups is 2. The predicted molar refractivity (Wildman–Crippen MR) is 75.4 cm³/mol. The van der Waals surface area contributed by atoms with Crippen molar-refractivity contribution in [3.63, 3.8) is 0 Å². The fourth-order valence-electron chi connectivity index (χ4n) is 1.55. The van der Waals surface area contributed by atoms with E-state index < -0.39 is 5.97 Å². The fourth-order valence-corrected chi connectivity index (χ4v) is 2.48. The summed E-state index contributed by atoms with van der Waals surface area (Å²) in [5.41, 5.74) is 0.196. The smallest absolute Gasteiger partial charge is 0.337 e. The van der Waals surface area contributed by atoms with E-state index in [0.29, 0.717) is 9.90 Å². The van der Waals surface area contributed by atoms with Gasteiger partial charge in [-0.2, -0.15) is 0 Å². The first-order valence-electron chi connectivity index (χ1n) is 5.38. The lowest BCUT2D eigenvalue weighted by atomic mass is 10.2. The van der Waals surface area contributed by atoms with Crippen molar-refractivity contribution in [2.75, 3.05) is 5.32 Å². The number of hydrogen-bond acceptors (Lipinski definition) is 3. The molecule has 6 heteroatoms. The molecule has 0 aliphatic rings. The van der Waals surface area contributed by atoms with Crippen LogP contribution in [0.25, 0.3) is 0 Å². The Hall–Kier alpha value is -1.85. The third kappa shape index (κ3) is 3.13. The first kappa shape index (κ1) is 13.6. The lowest BCUT2D eigenvalue weighted by Gasteiger charge is -2.07.